The molecule has 0 radical (unpaired) electrons. The number of hydrogen-bond acceptors (Lipinski definition) is 11. The maximum absolute atomic E-state index is 14.2. The summed E-state index contributed by atoms with van der Waals surface area (Å²) in [6, 6.07) is 15.6. The average molecular weight is 659 g/mol. The maximum Gasteiger partial charge on any atom is 0.338 e. The lowest BCUT2D eigenvalue weighted by atomic mass is 9.94. The van der Waals surface area contributed by atoms with Crippen molar-refractivity contribution in [3.8, 4) is 34.5 Å². The van der Waals surface area contributed by atoms with Gasteiger partial charge in [-0.05, 0) is 68.3 Å². The molecule has 1 atom stereocenters. The van der Waals surface area contributed by atoms with E-state index in [0.717, 1.165) is 11.1 Å². The third-order valence-corrected chi connectivity index (χ3v) is 8.63. The molecule has 0 unspecified atom stereocenters. The van der Waals surface area contributed by atoms with E-state index >= 15 is 0 Å². The molecule has 244 valence electrons. The number of esters is 1. The fraction of sp³-hybridized carbons (Fsp3) is 0.286. The Hall–Kier alpha value is -5.23. The number of carbonyl (C=O) groups is 1. The van der Waals surface area contributed by atoms with Crippen LogP contribution in [0.4, 0.5) is 0 Å². The number of hydrogen-bond donors (Lipinski definition) is 0. The molecule has 6 rings (SSSR count). The van der Waals surface area contributed by atoms with Gasteiger partial charge in [0, 0.05) is 5.56 Å². The number of thiazole rings is 1. The quantitative estimate of drug-likeness (QED) is 0.215. The minimum absolute atomic E-state index is 0.168. The second-order valence-electron chi connectivity index (χ2n) is 10.5. The van der Waals surface area contributed by atoms with Gasteiger partial charge in [-0.2, -0.15) is 0 Å². The van der Waals surface area contributed by atoms with Crippen LogP contribution in [0.2, 0.25) is 0 Å². The molecule has 3 aromatic carbocycles. The van der Waals surface area contributed by atoms with Crippen molar-refractivity contribution >= 4 is 23.4 Å². The molecule has 0 aliphatic carbocycles. The van der Waals surface area contributed by atoms with Gasteiger partial charge in [-0.1, -0.05) is 35.6 Å². The van der Waals surface area contributed by atoms with Crippen molar-refractivity contribution < 1.29 is 38.0 Å². The van der Waals surface area contributed by atoms with Gasteiger partial charge in [0.2, 0.25) is 6.79 Å². The zero-order valence-corrected chi connectivity index (χ0v) is 27.5. The molecule has 0 amide bonds. The lowest BCUT2D eigenvalue weighted by Gasteiger charge is -2.26. The first-order valence-electron chi connectivity index (χ1n) is 15.1. The van der Waals surface area contributed by atoms with Crippen LogP contribution in [0, 0.1) is 0 Å². The van der Waals surface area contributed by atoms with Crippen molar-refractivity contribution in [1.29, 1.82) is 0 Å². The molecule has 1 aromatic heterocycles. The number of rotatable bonds is 11. The lowest BCUT2D eigenvalue weighted by molar-refractivity contribution is -0.139. The zero-order valence-electron chi connectivity index (χ0n) is 26.7. The van der Waals surface area contributed by atoms with Crippen molar-refractivity contribution in [2.45, 2.75) is 33.4 Å². The van der Waals surface area contributed by atoms with Crippen LogP contribution >= 0.6 is 11.3 Å². The van der Waals surface area contributed by atoms with E-state index in [1.165, 1.54) is 15.9 Å². The van der Waals surface area contributed by atoms with Gasteiger partial charge in [-0.25, -0.2) is 9.79 Å². The molecule has 2 aliphatic rings. The Morgan fingerprint density at radius 2 is 1.79 bits per heavy atom. The Kier molecular flexibility index (Phi) is 9.21. The van der Waals surface area contributed by atoms with Gasteiger partial charge >= 0.3 is 5.97 Å². The molecule has 0 saturated heterocycles. The largest absolute Gasteiger partial charge is 0.493 e. The number of fused-ring (bicyclic) bond motifs is 2. The van der Waals surface area contributed by atoms with E-state index in [4.69, 9.17) is 33.2 Å². The van der Waals surface area contributed by atoms with Crippen LogP contribution in [0.5, 0.6) is 34.5 Å². The molecular weight excluding hydrogens is 624 g/mol. The van der Waals surface area contributed by atoms with Gasteiger partial charge in [-0.15, -0.1) is 0 Å². The number of para-hydroxylation sites is 1. The standard InChI is InChI=1S/C35H34N2O9S/c1-6-42-32-23(9-8-10-26(32)40-4)31-30(34(39)43-7-2)20(3)36-35-37(31)33(38)29(47-35)17-21-11-13-24(27(15-21)41-5)44-18-22-12-14-25-28(16-22)46-19-45-25/h8-17,31H,6-7,18-19H2,1-5H3/b29-17+/t31-/m0/s1. The molecule has 47 heavy (non-hydrogen) atoms. The summed E-state index contributed by atoms with van der Waals surface area (Å²) in [6.45, 7) is 6.35. The summed E-state index contributed by atoms with van der Waals surface area (Å²) in [5.41, 5.74) is 2.61. The minimum Gasteiger partial charge on any atom is -0.493 e. The summed E-state index contributed by atoms with van der Waals surface area (Å²) in [5.74, 6) is 2.80. The van der Waals surface area contributed by atoms with Gasteiger partial charge in [0.1, 0.15) is 12.6 Å². The predicted octanol–water partition coefficient (Wildman–Crippen LogP) is 4.52. The van der Waals surface area contributed by atoms with Crippen LogP contribution < -0.4 is 43.3 Å². The molecule has 0 N–H and O–H groups in total. The highest BCUT2D eigenvalue weighted by Gasteiger charge is 2.36. The third-order valence-electron chi connectivity index (χ3n) is 7.65. The smallest absolute Gasteiger partial charge is 0.338 e. The normalized spacial score (nSPS) is 15.2. The highest BCUT2D eigenvalue weighted by molar-refractivity contribution is 7.07. The van der Waals surface area contributed by atoms with E-state index in [1.807, 2.05) is 37.3 Å². The molecular formula is C35H34N2O9S. The Morgan fingerprint density at radius 3 is 2.55 bits per heavy atom. The van der Waals surface area contributed by atoms with E-state index in [9.17, 15) is 9.59 Å². The molecule has 0 fully saturated rings. The monoisotopic (exact) mass is 658 g/mol. The lowest BCUT2D eigenvalue weighted by Crippen LogP contribution is -2.40. The van der Waals surface area contributed by atoms with Crippen LogP contribution in [-0.2, 0) is 16.1 Å². The molecule has 11 nitrogen and oxygen atoms in total. The van der Waals surface area contributed by atoms with E-state index in [2.05, 4.69) is 4.99 Å². The van der Waals surface area contributed by atoms with Gasteiger partial charge in [0.15, 0.2) is 39.3 Å². The average Bonchev–Trinajstić information content (AvgIpc) is 3.67. The van der Waals surface area contributed by atoms with Crippen LogP contribution in [0.25, 0.3) is 6.08 Å². The highest BCUT2D eigenvalue weighted by Crippen LogP contribution is 2.41. The van der Waals surface area contributed by atoms with Crippen LogP contribution in [0.3, 0.4) is 0 Å². The van der Waals surface area contributed by atoms with Gasteiger partial charge in [-0.3, -0.25) is 9.36 Å². The Morgan fingerprint density at radius 1 is 0.979 bits per heavy atom. The number of ether oxygens (including phenoxy) is 7. The molecule has 0 spiro atoms. The molecule has 12 heteroatoms. The second-order valence-corrected chi connectivity index (χ2v) is 11.5. The summed E-state index contributed by atoms with van der Waals surface area (Å²) in [7, 11) is 3.10. The number of allylic oxidation sites excluding steroid dienone is 1. The van der Waals surface area contributed by atoms with Crippen LogP contribution in [-0.4, -0.2) is 44.8 Å². The Labute approximate surface area is 274 Å². The van der Waals surface area contributed by atoms with Crippen molar-refractivity contribution in [1.82, 2.24) is 4.57 Å². The predicted molar refractivity (Wildman–Crippen MR) is 174 cm³/mol. The first-order chi connectivity index (χ1) is 22.9. The number of benzene rings is 3. The first kappa shape index (κ1) is 31.7. The summed E-state index contributed by atoms with van der Waals surface area (Å²) < 4.78 is 41.5. The van der Waals surface area contributed by atoms with E-state index in [0.29, 0.717) is 68.3 Å². The third kappa shape index (κ3) is 6.16. The van der Waals surface area contributed by atoms with Crippen LogP contribution in [0.15, 0.2) is 75.7 Å². The number of methoxy groups -OCH3 is 2. The molecule has 3 heterocycles. The maximum atomic E-state index is 14.2. The molecule has 2 aliphatic heterocycles. The second kappa shape index (κ2) is 13.6. The summed E-state index contributed by atoms with van der Waals surface area (Å²) >= 11 is 1.23. The van der Waals surface area contributed by atoms with Crippen molar-refractivity contribution in [3.63, 3.8) is 0 Å². The summed E-state index contributed by atoms with van der Waals surface area (Å²) in [6.07, 6.45) is 1.77. The van der Waals surface area contributed by atoms with Gasteiger partial charge in [0.05, 0.1) is 43.2 Å². The SMILES string of the molecule is CCOC(=O)C1=C(C)N=c2s/c(=C/c3ccc(OCc4ccc5c(c4)OCO5)c(OC)c3)c(=O)n2[C@H]1c1cccc(OC)c1OCC. The fourth-order valence-electron chi connectivity index (χ4n) is 5.53. The van der Waals surface area contributed by atoms with Crippen molar-refractivity contribution in [3.05, 3.63) is 102 Å². The van der Waals surface area contributed by atoms with E-state index in [-0.39, 0.29) is 24.5 Å². The fourth-order valence-corrected chi connectivity index (χ4v) is 6.58. The van der Waals surface area contributed by atoms with Crippen molar-refractivity contribution in [2.24, 2.45) is 4.99 Å². The molecule has 0 bridgehead atoms. The summed E-state index contributed by atoms with van der Waals surface area (Å²) in [4.78, 5) is 32.7. The molecule has 4 aromatic rings. The number of carbonyl (C=O) groups excluding carboxylic acids is 1. The zero-order chi connectivity index (χ0) is 33.1. The molecule has 0 saturated carbocycles. The van der Waals surface area contributed by atoms with E-state index in [1.54, 1.807) is 58.4 Å². The Balaban J connectivity index is 1.39. The number of aromatic nitrogens is 1. The minimum atomic E-state index is -0.856. The first-order valence-corrected chi connectivity index (χ1v) is 15.9. The number of nitrogens with zero attached hydrogens (tertiary/aromatic N) is 2. The Bertz CT molecular complexity index is 2050. The van der Waals surface area contributed by atoms with Crippen LogP contribution in [0.1, 0.15) is 43.5 Å². The van der Waals surface area contributed by atoms with Gasteiger partial charge < -0.3 is 33.2 Å². The summed E-state index contributed by atoms with van der Waals surface area (Å²) in [5, 5.41) is 0. The van der Waals surface area contributed by atoms with Crippen molar-refractivity contribution in [2.75, 3.05) is 34.2 Å². The van der Waals surface area contributed by atoms with E-state index < -0.39 is 12.0 Å². The topological polar surface area (TPSA) is 116 Å². The van der Waals surface area contributed by atoms with Gasteiger partial charge in [0.25, 0.3) is 5.56 Å². The highest BCUT2D eigenvalue weighted by atomic mass is 32.1.